The molecule has 0 bridgehead atoms. The first-order valence-electron chi connectivity index (χ1n) is 6.54. The first-order chi connectivity index (χ1) is 9.20. The van der Waals surface area contributed by atoms with Crippen molar-refractivity contribution in [2.24, 2.45) is 0 Å². The zero-order valence-electron chi connectivity index (χ0n) is 11.1. The van der Waals surface area contributed by atoms with Gasteiger partial charge in [-0.3, -0.25) is 4.79 Å². The van der Waals surface area contributed by atoms with Crippen LogP contribution < -0.4 is 15.0 Å². The number of rotatable bonds is 5. The maximum atomic E-state index is 10.7. The quantitative estimate of drug-likeness (QED) is 0.840. The molecule has 1 unspecified atom stereocenters. The molecule has 5 nitrogen and oxygen atoms in total. The molecule has 0 amide bonds. The second-order valence-corrected chi connectivity index (χ2v) is 4.69. The van der Waals surface area contributed by atoms with E-state index in [2.05, 4.69) is 10.2 Å². The van der Waals surface area contributed by atoms with Crippen LogP contribution in [-0.2, 0) is 4.79 Å². The summed E-state index contributed by atoms with van der Waals surface area (Å²) in [5, 5.41) is 12.1. The lowest BCUT2D eigenvalue weighted by Crippen LogP contribution is -2.51. The molecular weight excluding hydrogens is 244 g/mol. The summed E-state index contributed by atoms with van der Waals surface area (Å²) in [5.74, 6) is 0.0872. The summed E-state index contributed by atoms with van der Waals surface area (Å²) in [6, 6.07) is 8.14. The van der Waals surface area contributed by atoms with Crippen LogP contribution in [0.25, 0.3) is 0 Å². The summed E-state index contributed by atoms with van der Waals surface area (Å²) in [4.78, 5) is 13.0. The Morgan fingerprint density at radius 2 is 2.42 bits per heavy atom. The predicted molar refractivity (Wildman–Crippen MR) is 73.9 cm³/mol. The molecule has 0 spiro atoms. The Labute approximate surface area is 113 Å². The lowest BCUT2D eigenvalue weighted by molar-refractivity contribution is -0.137. The zero-order valence-corrected chi connectivity index (χ0v) is 11.1. The smallest absolute Gasteiger partial charge is 0.303 e. The third kappa shape index (κ3) is 3.61. The van der Waals surface area contributed by atoms with Crippen molar-refractivity contribution in [1.29, 1.82) is 0 Å². The number of nitrogens with one attached hydrogen (secondary N) is 1. The van der Waals surface area contributed by atoms with E-state index in [9.17, 15) is 4.79 Å². The number of carboxylic acids is 1. The van der Waals surface area contributed by atoms with E-state index in [-0.39, 0.29) is 12.5 Å². The molecule has 0 saturated carbocycles. The van der Waals surface area contributed by atoms with Gasteiger partial charge in [0.25, 0.3) is 0 Å². The standard InChI is InChI=1S/C14H20N2O3/c1-19-13-4-2-3-11(9-13)16-8-7-15-10-12(16)5-6-14(17)18/h2-4,9,12,15H,5-8,10H2,1H3,(H,17,18). The molecule has 2 rings (SSSR count). The molecule has 1 aromatic rings. The molecule has 19 heavy (non-hydrogen) atoms. The maximum absolute atomic E-state index is 10.7. The number of benzene rings is 1. The molecule has 1 aromatic carbocycles. The van der Waals surface area contributed by atoms with Gasteiger partial charge in [-0.25, -0.2) is 0 Å². The number of nitrogens with zero attached hydrogens (tertiary/aromatic N) is 1. The van der Waals surface area contributed by atoms with Crippen molar-refractivity contribution in [3.05, 3.63) is 24.3 Å². The Balaban J connectivity index is 2.11. The van der Waals surface area contributed by atoms with Gasteiger partial charge < -0.3 is 20.1 Å². The lowest BCUT2D eigenvalue weighted by Gasteiger charge is -2.38. The van der Waals surface area contributed by atoms with E-state index in [0.29, 0.717) is 6.42 Å². The summed E-state index contributed by atoms with van der Waals surface area (Å²) in [6.07, 6.45) is 0.854. The SMILES string of the molecule is COc1cccc(N2CCNCC2CCC(=O)O)c1. The minimum Gasteiger partial charge on any atom is -0.497 e. The molecule has 1 aliphatic rings. The van der Waals surface area contributed by atoms with Crippen LogP contribution in [0.5, 0.6) is 5.75 Å². The second kappa shape index (κ2) is 6.43. The van der Waals surface area contributed by atoms with Crippen molar-refractivity contribution >= 4 is 11.7 Å². The number of carboxylic acid groups (broad SMARTS) is 1. The van der Waals surface area contributed by atoms with Gasteiger partial charge in [-0.15, -0.1) is 0 Å². The molecule has 0 aliphatic carbocycles. The highest BCUT2D eigenvalue weighted by atomic mass is 16.5. The van der Waals surface area contributed by atoms with E-state index in [1.165, 1.54) is 0 Å². The van der Waals surface area contributed by atoms with Crippen LogP contribution in [0.3, 0.4) is 0 Å². The third-order valence-electron chi connectivity index (χ3n) is 3.43. The van der Waals surface area contributed by atoms with Gasteiger partial charge in [0, 0.05) is 43.9 Å². The van der Waals surface area contributed by atoms with Gasteiger partial charge in [0.1, 0.15) is 5.75 Å². The van der Waals surface area contributed by atoms with Crippen molar-refractivity contribution < 1.29 is 14.6 Å². The van der Waals surface area contributed by atoms with Crippen LogP contribution >= 0.6 is 0 Å². The third-order valence-corrected chi connectivity index (χ3v) is 3.43. The van der Waals surface area contributed by atoms with Crippen molar-refractivity contribution in [3.63, 3.8) is 0 Å². The van der Waals surface area contributed by atoms with Gasteiger partial charge in [0.2, 0.25) is 0 Å². The molecule has 0 radical (unpaired) electrons. The largest absolute Gasteiger partial charge is 0.497 e. The lowest BCUT2D eigenvalue weighted by atomic mass is 10.1. The van der Waals surface area contributed by atoms with Crippen LogP contribution in [0.4, 0.5) is 5.69 Å². The monoisotopic (exact) mass is 264 g/mol. The number of piperazine rings is 1. The Kier molecular flexibility index (Phi) is 4.63. The van der Waals surface area contributed by atoms with Crippen LogP contribution in [0.1, 0.15) is 12.8 Å². The number of hydrogen-bond donors (Lipinski definition) is 2. The molecule has 1 atom stereocenters. The van der Waals surface area contributed by atoms with Gasteiger partial charge in [-0.1, -0.05) is 6.07 Å². The normalized spacial score (nSPS) is 19.2. The molecule has 1 fully saturated rings. The highest BCUT2D eigenvalue weighted by molar-refractivity contribution is 5.66. The number of hydrogen-bond acceptors (Lipinski definition) is 4. The van der Waals surface area contributed by atoms with Crippen molar-refractivity contribution in [2.45, 2.75) is 18.9 Å². The van der Waals surface area contributed by atoms with Gasteiger partial charge in [0.15, 0.2) is 0 Å². The van der Waals surface area contributed by atoms with Crippen LogP contribution in [0.2, 0.25) is 0 Å². The van der Waals surface area contributed by atoms with E-state index >= 15 is 0 Å². The minimum atomic E-state index is -0.740. The van der Waals surface area contributed by atoms with E-state index in [1.54, 1.807) is 7.11 Å². The average Bonchev–Trinajstić information content (AvgIpc) is 2.45. The van der Waals surface area contributed by atoms with Gasteiger partial charge in [-0.05, 0) is 18.6 Å². The first kappa shape index (κ1) is 13.7. The van der Waals surface area contributed by atoms with Crippen LogP contribution in [0, 0.1) is 0 Å². The zero-order chi connectivity index (χ0) is 13.7. The fraction of sp³-hybridized carbons (Fsp3) is 0.500. The molecule has 1 heterocycles. The van der Waals surface area contributed by atoms with Crippen molar-refractivity contribution in [1.82, 2.24) is 5.32 Å². The van der Waals surface area contributed by atoms with E-state index in [4.69, 9.17) is 9.84 Å². The van der Waals surface area contributed by atoms with Crippen LogP contribution in [-0.4, -0.2) is 43.9 Å². The molecule has 5 heteroatoms. The molecule has 1 saturated heterocycles. The Morgan fingerprint density at radius 3 is 3.16 bits per heavy atom. The summed E-state index contributed by atoms with van der Waals surface area (Å²) in [6.45, 7) is 2.63. The van der Waals surface area contributed by atoms with E-state index < -0.39 is 5.97 Å². The second-order valence-electron chi connectivity index (χ2n) is 4.69. The van der Waals surface area contributed by atoms with Crippen molar-refractivity contribution in [3.8, 4) is 5.75 Å². The first-order valence-corrected chi connectivity index (χ1v) is 6.54. The summed E-state index contributed by atoms with van der Waals surface area (Å²) >= 11 is 0. The summed E-state index contributed by atoms with van der Waals surface area (Å²) in [7, 11) is 1.65. The highest BCUT2D eigenvalue weighted by Gasteiger charge is 2.23. The maximum Gasteiger partial charge on any atom is 0.303 e. The topological polar surface area (TPSA) is 61.8 Å². The Hall–Kier alpha value is -1.75. The van der Waals surface area contributed by atoms with Gasteiger partial charge in [0.05, 0.1) is 7.11 Å². The van der Waals surface area contributed by atoms with Gasteiger partial charge in [-0.2, -0.15) is 0 Å². The number of carbonyl (C=O) groups is 1. The number of ether oxygens (including phenoxy) is 1. The fourth-order valence-corrected chi connectivity index (χ4v) is 2.44. The summed E-state index contributed by atoms with van der Waals surface area (Å²) < 4.78 is 5.24. The molecule has 0 aromatic heterocycles. The van der Waals surface area contributed by atoms with E-state index in [1.807, 2.05) is 24.3 Å². The molecule has 2 N–H and O–H groups in total. The Bertz CT molecular complexity index is 436. The summed E-state index contributed by atoms with van der Waals surface area (Å²) in [5.41, 5.74) is 1.09. The van der Waals surface area contributed by atoms with Gasteiger partial charge >= 0.3 is 5.97 Å². The van der Waals surface area contributed by atoms with E-state index in [0.717, 1.165) is 31.1 Å². The molecular formula is C14H20N2O3. The number of methoxy groups -OCH3 is 1. The fourth-order valence-electron chi connectivity index (χ4n) is 2.44. The number of aliphatic carboxylic acids is 1. The average molecular weight is 264 g/mol. The van der Waals surface area contributed by atoms with Crippen LogP contribution in [0.15, 0.2) is 24.3 Å². The molecule has 1 aliphatic heterocycles. The highest BCUT2D eigenvalue weighted by Crippen LogP contribution is 2.24. The Morgan fingerprint density at radius 1 is 1.58 bits per heavy atom. The molecule has 104 valence electrons. The predicted octanol–water partition coefficient (Wildman–Crippen LogP) is 1.34. The number of anilines is 1. The van der Waals surface area contributed by atoms with Crippen molar-refractivity contribution in [2.75, 3.05) is 31.6 Å². The minimum absolute atomic E-state index is 0.201.